The predicted molar refractivity (Wildman–Crippen MR) is 249 cm³/mol. The monoisotopic (exact) mass is 847 g/mol. The van der Waals surface area contributed by atoms with Crippen molar-refractivity contribution < 1.29 is 38.1 Å². The minimum absolute atomic E-state index is 0.0390. The first-order valence-corrected chi connectivity index (χ1v) is 21.0. The van der Waals surface area contributed by atoms with E-state index in [-0.39, 0.29) is 37.0 Å². The summed E-state index contributed by atoms with van der Waals surface area (Å²) < 4.78 is 22.8. The molecule has 0 spiro atoms. The maximum absolute atomic E-state index is 13.6. The summed E-state index contributed by atoms with van der Waals surface area (Å²) in [5, 5.41) is 9.45. The summed E-state index contributed by atoms with van der Waals surface area (Å²) >= 11 is 0. The molecule has 3 rings (SSSR count). The molecule has 3 amide bonds. The highest BCUT2D eigenvalue weighted by atomic mass is 16.6. The van der Waals surface area contributed by atoms with E-state index in [1.54, 1.807) is 33.3 Å². The summed E-state index contributed by atoms with van der Waals surface area (Å²) in [6.07, 6.45) is 25.5. The van der Waals surface area contributed by atoms with Gasteiger partial charge in [-0.1, -0.05) is 140 Å². The number of methoxy groups -OCH3 is 2. The van der Waals surface area contributed by atoms with E-state index in [0.29, 0.717) is 11.3 Å². The highest BCUT2D eigenvalue weighted by Gasteiger charge is 2.24. The molecule has 2 aromatic carbocycles. The van der Waals surface area contributed by atoms with Gasteiger partial charge >= 0.3 is 12.1 Å². The van der Waals surface area contributed by atoms with Gasteiger partial charge in [0.2, 0.25) is 6.41 Å². The zero-order chi connectivity index (χ0) is 45.4. The molecule has 11 heteroatoms. The van der Waals surface area contributed by atoms with Crippen LogP contribution in [0.5, 0.6) is 0 Å². The molecule has 0 unspecified atom stereocenters. The molecule has 6 atom stereocenters. The van der Waals surface area contributed by atoms with Crippen molar-refractivity contribution in [2.45, 2.75) is 92.3 Å². The zero-order valence-corrected chi connectivity index (χ0v) is 37.7. The Balaban J connectivity index is 1.78. The third-order valence-electron chi connectivity index (χ3n) is 10.1. The van der Waals surface area contributed by atoms with E-state index in [4.69, 9.17) is 18.9 Å². The lowest BCUT2D eigenvalue weighted by Gasteiger charge is -2.23. The Morgan fingerprint density at radius 2 is 1.61 bits per heavy atom. The Morgan fingerprint density at radius 3 is 2.34 bits per heavy atom. The molecule has 0 saturated carbocycles. The third-order valence-corrected chi connectivity index (χ3v) is 10.1. The van der Waals surface area contributed by atoms with Crippen LogP contribution < -0.4 is 16.0 Å². The highest BCUT2D eigenvalue weighted by Crippen LogP contribution is 2.22. The molecule has 1 heterocycles. The van der Waals surface area contributed by atoms with Crippen LogP contribution in [-0.2, 0) is 33.3 Å². The number of anilines is 1. The van der Waals surface area contributed by atoms with Crippen LogP contribution in [0.4, 0.5) is 10.5 Å². The Bertz CT molecular complexity index is 2100. The van der Waals surface area contributed by atoms with Gasteiger partial charge in [0.05, 0.1) is 12.2 Å². The molecule has 3 N–H and O–H groups in total. The normalized spacial score (nSPS) is 26.6. The van der Waals surface area contributed by atoms with E-state index in [9.17, 15) is 19.2 Å². The molecule has 62 heavy (non-hydrogen) atoms. The van der Waals surface area contributed by atoms with Gasteiger partial charge in [0.15, 0.2) is 0 Å². The maximum Gasteiger partial charge on any atom is 0.413 e. The number of carbonyl (C=O) groups is 4. The Kier molecular flexibility index (Phi) is 21.9. The van der Waals surface area contributed by atoms with Crippen molar-refractivity contribution in [3.63, 3.8) is 0 Å². The zero-order valence-electron chi connectivity index (χ0n) is 37.7. The summed E-state index contributed by atoms with van der Waals surface area (Å²) in [6.45, 7) is 13.7. The number of rotatable bonds is 11. The smallest absolute Gasteiger partial charge is 0.413 e. The Hall–Kier alpha value is -6.04. The van der Waals surface area contributed by atoms with Gasteiger partial charge in [-0.2, -0.15) is 0 Å². The molecule has 0 aromatic heterocycles. The van der Waals surface area contributed by atoms with Crippen molar-refractivity contribution in [3.05, 3.63) is 149 Å². The van der Waals surface area contributed by atoms with Crippen molar-refractivity contribution in [2.75, 3.05) is 26.1 Å². The first kappa shape index (κ1) is 50.3. The number of benzene rings is 2. The highest BCUT2D eigenvalue weighted by molar-refractivity contribution is 5.93. The third kappa shape index (κ3) is 18.3. The number of allylic oxidation sites excluding steroid dienone is 11. The lowest BCUT2D eigenvalue weighted by Crippen LogP contribution is -2.47. The molecule has 0 fully saturated rings. The summed E-state index contributed by atoms with van der Waals surface area (Å²) in [5.41, 5.74) is 4.72. The topological polar surface area (TPSA) is 141 Å². The van der Waals surface area contributed by atoms with Crippen LogP contribution >= 0.6 is 0 Å². The fourth-order valence-corrected chi connectivity index (χ4v) is 6.47. The van der Waals surface area contributed by atoms with Crippen LogP contribution in [0.3, 0.4) is 0 Å². The van der Waals surface area contributed by atoms with Gasteiger partial charge in [0.1, 0.15) is 6.10 Å². The Labute approximate surface area is 368 Å². The number of carbonyl (C=O) groups excluding carboxylic acids is 4. The molecule has 0 bridgehead atoms. The standard InChI is InChI=1S/C51H65N3O8/c1-35-16-14-22-45(59-8)21-13-10-18-39(5)47(61-50(57)41(7)30-36(2)24-25-37(3)31-46(60-9)23-15-17-35)40(6)27-26-38(4)33-52-48(56)49(53-34-55)62-51(58)54-44-29-28-42-19-11-12-20-43(42)32-44/h10-13,15-21,24-32,34,36,39,45-47,49H,14,22-23,33H2,1-9H3,(H,52,56)(H,53,55)(H,54,58)/b17-15+,18-10+,21-13+,25-24+,35-16-,37-31+,38-26+,40-27+,41-30+/t36-,39+,45-,46+,47+,49+/m1/s1. The summed E-state index contributed by atoms with van der Waals surface area (Å²) in [6, 6.07) is 13.0. The van der Waals surface area contributed by atoms with Crippen LogP contribution in [-0.4, -0.2) is 69.7 Å². The van der Waals surface area contributed by atoms with Crippen LogP contribution in [0, 0.1) is 11.8 Å². The number of esters is 1. The number of hydrogen-bond donors (Lipinski definition) is 3. The van der Waals surface area contributed by atoms with Crippen molar-refractivity contribution in [3.8, 4) is 0 Å². The second-order valence-electron chi connectivity index (χ2n) is 15.5. The van der Waals surface area contributed by atoms with Gasteiger partial charge in [-0.3, -0.25) is 14.9 Å². The second kappa shape index (κ2) is 27.0. The molecular weight excluding hydrogens is 783 g/mol. The average Bonchev–Trinajstić information content (AvgIpc) is 3.25. The molecule has 0 radical (unpaired) electrons. The molecule has 1 aliphatic heterocycles. The van der Waals surface area contributed by atoms with Crippen LogP contribution in [0.1, 0.15) is 67.7 Å². The lowest BCUT2D eigenvalue weighted by atomic mass is 9.96. The molecule has 1 aliphatic rings. The van der Waals surface area contributed by atoms with Gasteiger partial charge in [-0.25, -0.2) is 9.59 Å². The van der Waals surface area contributed by atoms with E-state index in [1.807, 2.05) is 120 Å². The maximum atomic E-state index is 13.6. The molecular formula is C51H65N3O8. The van der Waals surface area contributed by atoms with Crippen molar-refractivity contribution in [1.29, 1.82) is 0 Å². The Morgan fingerprint density at radius 1 is 0.887 bits per heavy atom. The van der Waals surface area contributed by atoms with Crippen molar-refractivity contribution >= 4 is 40.8 Å². The number of hydrogen-bond acceptors (Lipinski definition) is 8. The van der Waals surface area contributed by atoms with Gasteiger partial charge in [0.25, 0.3) is 12.1 Å². The summed E-state index contributed by atoms with van der Waals surface area (Å²) in [5.74, 6) is -1.40. The quantitative estimate of drug-likeness (QED) is 0.0879. The minimum atomic E-state index is -1.57. The predicted octanol–water partition coefficient (Wildman–Crippen LogP) is 9.93. The number of ether oxygens (including phenoxy) is 4. The number of nitrogens with one attached hydrogen (secondary N) is 3. The number of amides is 3. The average molecular weight is 848 g/mol. The second-order valence-corrected chi connectivity index (χ2v) is 15.5. The fraction of sp³-hybridized carbons (Fsp3) is 0.373. The van der Waals surface area contributed by atoms with Crippen LogP contribution in [0.2, 0.25) is 0 Å². The first-order valence-electron chi connectivity index (χ1n) is 21.0. The van der Waals surface area contributed by atoms with Crippen molar-refractivity contribution in [2.24, 2.45) is 11.8 Å². The number of fused-ring (bicyclic) bond motifs is 1. The van der Waals surface area contributed by atoms with E-state index in [1.165, 1.54) is 5.57 Å². The summed E-state index contributed by atoms with van der Waals surface area (Å²) in [7, 11) is 3.41. The summed E-state index contributed by atoms with van der Waals surface area (Å²) in [4.78, 5) is 50.6. The van der Waals surface area contributed by atoms with Gasteiger partial charge in [-0.05, 0) is 88.3 Å². The number of cyclic esters (lactones) is 1. The largest absolute Gasteiger partial charge is 0.454 e. The molecule has 0 saturated heterocycles. The molecule has 0 aliphatic carbocycles. The van der Waals surface area contributed by atoms with E-state index < -0.39 is 30.3 Å². The SMILES string of the molecule is CO[C@@H]1/C=C(C)/C=C/[C@@H](C)/C=C(\C)C(=O)O[C@H](/C(C)=C/C=C(\C)CNC(=O)[C@@H](NC=O)OC(=O)Nc2ccc3ccccc3c2)[C@@H](C)/C=C/C=C/[C@@H](OC)CC/C=C(C)\C=C\C1. The van der Waals surface area contributed by atoms with Crippen LogP contribution in [0.15, 0.2) is 149 Å². The molecule has 332 valence electrons. The van der Waals surface area contributed by atoms with Gasteiger partial charge in [0, 0.05) is 37.9 Å². The van der Waals surface area contributed by atoms with Gasteiger partial charge < -0.3 is 29.6 Å². The minimum Gasteiger partial charge on any atom is -0.454 e. The van der Waals surface area contributed by atoms with Crippen LogP contribution in [0.25, 0.3) is 10.8 Å². The fourth-order valence-electron chi connectivity index (χ4n) is 6.47. The molecule has 11 nitrogen and oxygen atoms in total. The van der Waals surface area contributed by atoms with E-state index >= 15 is 0 Å². The first-order chi connectivity index (χ1) is 29.7. The van der Waals surface area contributed by atoms with E-state index in [0.717, 1.165) is 46.8 Å². The van der Waals surface area contributed by atoms with E-state index in [2.05, 4.69) is 47.2 Å². The van der Waals surface area contributed by atoms with Gasteiger partial charge in [-0.15, -0.1) is 0 Å². The lowest BCUT2D eigenvalue weighted by molar-refractivity contribution is -0.144. The molecule has 2 aromatic rings. The van der Waals surface area contributed by atoms with Crippen molar-refractivity contribution in [1.82, 2.24) is 10.6 Å².